The fraction of sp³-hybridized carbons (Fsp3) is 0.706. The Bertz CT molecular complexity index is 839. The number of rotatable bonds is 8. The van der Waals surface area contributed by atoms with Gasteiger partial charge < -0.3 is 20.6 Å². The fourth-order valence-electron chi connectivity index (χ4n) is 3.80. The summed E-state index contributed by atoms with van der Waals surface area (Å²) >= 11 is 2.90. The topological polar surface area (TPSA) is 134 Å². The van der Waals surface area contributed by atoms with Crippen LogP contribution in [-0.4, -0.2) is 115 Å². The van der Waals surface area contributed by atoms with Crippen LogP contribution in [0.4, 0.5) is 0 Å². The van der Waals surface area contributed by atoms with Gasteiger partial charge in [-0.3, -0.25) is 9.69 Å². The fourth-order valence-corrected chi connectivity index (χ4v) is 6.13. The molecule has 0 saturated carbocycles. The number of thioether (sulfide) groups is 2. The van der Waals surface area contributed by atoms with E-state index in [9.17, 15) is 14.7 Å². The molecule has 1 unspecified atom stereocenters. The SMILES string of the molecule is CN1CCN(CCCn2nnnc2SCC2=C(C(=O)O)N3C(=O)C(N)[C@@H]3SC2)CC1. The van der Waals surface area contributed by atoms with Crippen LogP contribution in [0.25, 0.3) is 0 Å². The first-order valence-corrected chi connectivity index (χ1v) is 11.9. The molecule has 30 heavy (non-hydrogen) atoms. The highest BCUT2D eigenvalue weighted by atomic mass is 32.2. The zero-order chi connectivity index (χ0) is 21.3. The van der Waals surface area contributed by atoms with Crippen molar-refractivity contribution in [2.75, 3.05) is 51.3 Å². The highest BCUT2D eigenvalue weighted by Gasteiger charge is 2.51. The zero-order valence-corrected chi connectivity index (χ0v) is 18.4. The minimum absolute atomic E-state index is 0.0621. The van der Waals surface area contributed by atoms with Crippen molar-refractivity contribution in [1.29, 1.82) is 0 Å². The Morgan fingerprint density at radius 3 is 2.80 bits per heavy atom. The number of piperazine rings is 1. The molecule has 1 aromatic rings. The molecule has 0 spiro atoms. The lowest BCUT2D eigenvalue weighted by atomic mass is 10.0. The number of hydrogen-bond acceptors (Lipinski definition) is 10. The van der Waals surface area contributed by atoms with Gasteiger partial charge in [0.2, 0.25) is 11.1 Å². The van der Waals surface area contributed by atoms with Crippen molar-refractivity contribution < 1.29 is 14.7 Å². The molecule has 4 heterocycles. The predicted octanol–water partition coefficient (Wildman–Crippen LogP) is -1.02. The summed E-state index contributed by atoms with van der Waals surface area (Å²) in [6.07, 6.45) is 0.948. The second kappa shape index (κ2) is 9.22. The smallest absolute Gasteiger partial charge is 0.352 e. The Labute approximate surface area is 183 Å². The largest absolute Gasteiger partial charge is 0.477 e. The number of nitrogens with two attached hydrogens (primary N) is 1. The van der Waals surface area contributed by atoms with E-state index in [1.54, 1.807) is 4.68 Å². The van der Waals surface area contributed by atoms with E-state index in [4.69, 9.17) is 5.73 Å². The summed E-state index contributed by atoms with van der Waals surface area (Å²) in [5.74, 6) is -0.482. The first-order valence-electron chi connectivity index (χ1n) is 9.91. The summed E-state index contributed by atoms with van der Waals surface area (Å²) in [4.78, 5) is 29.9. The number of carboxylic acids is 1. The van der Waals surface area contributed by atoms with E-state index < -0.39 is 12.0 Å². The Morgan fingerprint density at radius 2 is 2.07 bits per heavy atom. The Morgan fingerprint density at radius 1 is 1.30 bits per heavy atom. The second-order valence-corrected chi connectivity index (χ2v) is 9.71. The summed E-state index contributed by atoms with van der Waals surface area (Å²) in [6, 6.07) is -0.619. The van der Waals surface area contributed by atoms with E-state index >= 15 is 0 Å². The molecule has 2 atom stereocenters. The van der Waals surface area contributed by atoms with Crippen LogP contribution in [0.15, 0.2) is 16.4 Å². The van der Waals surface area contributed by atoms with Gasteiger partial charge in [-0.2, -0.15) is 0 Å². The minimum Gasteiger partial charge on any atom is -0.477 e. The maximum Gasteiger partial charge on any atom is 0.352 e. The first kappa shape index (κ1) is 21.6. The van der Waals surface area contributed by atoms with Crippen molar-refractivity contribution >= 4 is 35.4 Å². The monoisotopic (exact) mass is 454 g/mol. The normalized spacial score (nSPS) is 25.4. The first-order chi connectivity index (χ1) is 14.5. The number of likely N-dealkylation sites (N-methyl/N-ethyl adjacent to an activating group) is 1. The van der Waals surface area contributed by atoms with Gasteiger partial charge in [-0.15, -0.1) is 16.9 Å². The van der Waals surface area contributed by atoms with Gasteiger partial charge in [-0.1, -0.05) is 11.8 Å². The summed E-state index contributed by atoms with van der Waals surface area (Å²) in [5, 5.41) is 22.0. The third kappa shape index (κ3) is 4.35. The molecule has 2 fully saturated rings. The zero-order valence-electron chi connectivity index (χ0n) is 16.8. The van der Waals surface area contributed by atoms with Crippen molar-refractivity contribution in [3.63, 3.8) is 0 Å². The quantitative estimate of drug-likeness (QED) is 0.369. The molecule has 3 N–H and O–H groups in total. The third-order valence-corrected chi connectivity index (χ3v) is 8.01. The summed E-state index contributed by atoms with van der Waals surface area (Å²) in [6.45, 7) is 6.06. The maximum atomic E-state index is 12.1. The Balaban J connectivity index is 1.33. The molecule has 0 bridgehead atoms. The van der Waals surface area contributed by atoms with Gasteiger partial charge in [0.1, 0.15) is 17.1 Å². The van der Waals surface area contributed by atoms with E-state index in [0.717, 1.165) is 39.1 Å². The molecule has 0 aromatic carbocycles. The van der Waals surface area contributed by atoms with Crippen LogP contribution in [0.1, 0.15) is 6.42 Å². The van der Waals surface area contributed by atoms with Crippen LogP contribution < -0.4 is 5.73 Å². The minimum atomic E-state index is -1.09. The van der Waals surface area contributed by atoms with E-state index in [-0.39, 0.29) is 17.0 Å². The summed E-state index contributed by atoms with van der Waals surface area (Å²) < 4.78 is 1.77. The van der Waals surface area contributed by atoms with Crippen molar-refractivity contribution in [3.05, 3.63) is 11.3 Å². The molecule has 3 aliphatic rings. The average molecular weight is 455 g/mol. The summed E-state index contributed by atoms with van der Waals surface area (Å²) in [7, 11) is 2.14. The molecule has 4 rings (SSSR count). The van der Waals surface area contributed by atoms with Gasteiger partial charge in [0.05, 0.1) is 0 Å². The number of carbonyl (C=O) groups is 2. The van der Waals surface area contributed by atoms with Gasteiger partial charge in [-0.25, -0.2) is 9.48 Å². The van der Waals surface area contributed by atoms with E-state index in [1.165, 1.54) is 28.4 Å². The van der Waals surface area contributed by atoms with E-state index in [1.807, 2.05) is 0 Å². The van der Waals surface area contributed by atoms with Crippen molar-refractivity contribution in [3.8, 4) is 0 Å². The second-order valence-electron chi connectivity index (χ2n) is 7.66. The molecule has 1 amide bonds. The van der Waals surface area contributed by atoms with Crippen molar-refractivity contribution in [1.82, 2.24) is 34.9 Å². The van der Waals surface area contributed by atoms with Gasteiger partial charge in [0.15, 0.2) is 0 Å². The van der Waals surface area contributed by atoms with Crippen LogP contribution in [0, 0.1) is 0 Å². The number of hydrogen-bond donors (Lipinski definition) is 2. The van der Waals surface area contributed by atoms with Crippen LogP contribution in [-0.2, 0) is 16.1 Å². The van der Waals surface area contributed by atoms with Gasteiger partial charge in [0.25, 0.3) is 0 Å². The van der Waals surface area contributed by atoms with Crippen LogP contribution in [0.5, 0.6) is 0 Å². The number of tetrazole rings is 1. The van der Waals surface area contributed by atoms with E-state index in [0.29, 0.717) is 28.8 Å². The number of nitrogens with zero attached hydrogens (tertiary/aromatic N) is 7. The molecular weight excluding hydrogens is 428 g/mol. The molecule has 164 valence electrons. The van der Waals surface area contributed by atoms with Crippen molar-refractivity contribution in [2.45, 2.75) is 29.5 Å². The molecule has 1 aromatic heterocycles. The number of aliphatic carboxylic acids is 1. The molecule has 3 aliphatic heterocycles. The standard InChI is InChI=1S/C17H26N8O3S2/c1-22-5-7-23(8-6-22)3-2-4-24-17(19-20-21-24)30-10-11-9-29-15-12(18)14(26)25(15)13(11)16(27)28/h12,15H,2-10,18H2,1H3,(H,27,28)/t12?,15-/m0/s1. The molecule has 2 saturated heterocycles. The van der Waals surface area contributed by atoms with Crippen LogP contribution in [0.3, 0.4) is 0 Å². The highest BCUT2D eigenvalue weighted by molar-refractivity contribution is 8.01. The molecule has 13 heteroatoms. The average Bonchev–Trinajstić information content (AvgIpc) is 3.19. The number of carboxylic acid groups (broad SMARTS) is 1. The lowest BCUT2D eigenvalue weighted by Crippen LogP contribution is -2.68. The molecule has 0 aliphatic carbocycles. The third-order valence-electron chi connectivity index (χ3n) is 5.61. The Kier molecular flexibility index (Phi) is 6.63. The number of fused-ring (bicyclic) bond motifs is 1. The number of aromatic nitrogens is 4. The number of aryl methyl sites for hydroxylation is 1. The molecular formula is C17H26N8O3S2. The van der Waals surface area contributed by atoms with Gasteiger partial charge >= 0.3 is 5.97 Å². The predicted molar refractivity (Wildman–Crippen MR) is 113 cm³/mol. The number of β-lactam (4-membered cyclic amide) rings is 1. The highest BCUT2D eigenvalue weighted by Crippen LogP contribution is 2.40. The summed E-state index contributed by atoms with van der Waals surface area (Å²) in [5.41, 5.74) is 6.55. The maximum absolute atomic E-state index is 12.1. The molecule has 11 nitrogen and oxygen atoms in total. The van der Waals surface area contributed by atoms with Gasteiger partial charge in [0, 0.05) is 50.8 Å². The van der Waals surface area contributed by atoms with Crippen molar-refractivity contribution in [2.24, 2.45) is 5.73 Å². The Hall–Kier alpha value is -1.67. The number of amides is 1. The van der Waals surface area contributed by atoms with Crippen LogP contribution >= 0.6 is 23.5 Å². The number of carbonyl (C=O) groups excluding carboxylic acids is 1. The van der Waals surface area contributed by atoms with Gasteiger partial charge in [-0.05, 0) is 29.5 Å². The van der Waals surface area contributed by atoms with E-state index in [2.05, 4.69) is 32.4 Å². The van der Waals surface area contributed by atoms with Crippen LogP contribution in [0.2, 0.25) is 0 Å². The molecule has 0 radical (unpaired) electrons. The lowest BCUT2D eigenvalue weighted by molar-refractivity contribution is -0.147. The lowest BCUT2D eigenvalue weighted by Gasteiger charge is -2.48.